The molecular formula is C19H13BrClNO. The average Bonchev–Trinajstić information content (AvgIpc) is 2.56. The molecular weight excluding hydrogens is 374 g/mol. The van der Waals surface area contributed by atoms with Crippen LogP contribution in [0.2, 0.25) is 5.02 Å². The van der Waals surface area contributed by atoms with Crippen LogP contribution in [0.3, 0.4) is 0 Å². The molecule has 3 aromatic rings. The Morgan fingerprint density at radius 2 is 1.83 bits per heavy atom. The van der Waals surface area contributed by atoms with E-state index >= 15 is 0 Å². The highest BCUT2D eigenvalue weighted by molar-refractivity contribution is 9.10. The van der Waals surface area contributed by atoms with Gasteiger partial charge in [-0.3, -0.25) is 4.79 Å². The molecule has 3 aromatic carbocycles. The second-order valence-corrected chi connectivity index (χ2v) is 6.28. The molecule has 0 bridgehead atoms. The first kappa shape index (κ1) is 15.8. The zero-order valence-corrected chi connectivity index (χ0v) is 14.4. The Kier molecular flexibility index (Phi) is 4.79. The van der Waals surface area contributed by atoms with E-state index in [1.54, 1.807) is 18.2 Å². The number of fused-ring (bicyclic) bond motifs is 1. The van der Waals surface area contributed by atoms with E-state index in [1.807, 2.05) is 36.4 Å². The highest BCUT2D eigenvalue weighted by atomic mass is 79.9. The van der Waals surface area contributed by atoms with Crippen LogP contribution < -0.4 is 5.32 Å². The minimum Gasteiger partial charge on any atom is -0.322 e. The molecule has 0 saturated heterocycles. The van der Waals surface area contributed by atoms with Gasteiger partial charge in [0.05, 0.1) is 5.02 Å². The molecule has 0 radical (unpaired) electrons. The third kappa shape index (κ3) is 3.81. The molecule has 0 atom stereocenters. The molecule has 0 aliphatic heterocycles. The minimum atomic E-state index is -0.198. The number of nitrogens with one attached hydrogen (secondary N) is 1. The monoisotopic (exact) mass is 385 g/mol. The lowest BCUT2D eigenvalue weighted by Crippen LogP contribution is -2.07. The van der Waals surface area contributed by atoms with E-state index in [0.717, 1.165) is 20.8 Å². The Balaban J connectivity index is 1.78. The smallest absolute Gasteiger partial charge is 0.248 e. The number of carbonyl (C=O) groups excluding carboxylic acids is 1. The molecule has 2 nitrogen and oxygen atoms in total. The number of halogens is 2. The van der Waals surface area contributed by atoms with Crippen molar-refractivity contribution in [2.45, 2.75) is 0 Å². The molecule has 0 unspecified atom stereocenters. The standard InChI is InChI=1S/C19H13BrClNO/c20-17-10-9-15(12-18(17)21)22-19(23)11-8-14-6-3-5-13-4-1-2-7-16(13)14/h1-12H,(H,22,23). The zero-order chi connectivity index (χ0) is 16.2. The van der Waals surface area contributed by atoms with Gasteiger partial charge in [-0.1, -0.05) is 54.1 Å². The van der Waals surface area contributed by atoms with E-state index in [9.17, 15) is 4.79 Å². The van der Waals surface area contributed by atoms with Gasteiger partial charge in [0.25, 0.3) is 0 Å². The Morgan fingerprint density at radius 3 is 2.65 bits per heavy atom. The lowest BCUT2D eigenvalue weighted by atomic mass is 10.0. The average molecular weight is 387 g/mol. The lowest BCUT2D eigenvalue weighted by molar-refractivity contribution is -0.111. The molecule has 0 fully saturated rings. The summed E-state index contributed by atoms with van der Waals surface area (Å²) in [4.78, 5) is 12.1. The van der Waals surface area contributed by atoms with Gasteiger partial charge in [-0.15, -0.1) is 0 Å². The number of amides is 1. The summed E-state index contributed by atoms with van der Waals surface area (Å²) in [6, 6.07) is 19.4. The van der Waals surface area contributed by atoms with Crippen molar-refractivity contribution < 1.29 is 4.79 Å². The van der Waals surface area contributed by atoms with E-state index in [-0.39, 0.29) is 5.91 Å². The fourth-order valence-corrected chi connectivity index (χ4v) is 2.75. The highest BCUT2D eigenvalue weighted by Gasteiger charge is 2.02. The van der Waals surface area contributed by atoms with Crippen molar-refractivity contribution in [2.24, 2.45) is 0 Å². The summed E-state index contributed by atoms with van der Waals surface area (Å²) in [6.07, 6.45) is 3.34. The highest BCUT2D eigenvalue weighted by Crippen LogP contribution is 2.25. The molecule has 0 spiro atoms. The van der Waals surface area contributed by atoms with Gasteiger partial charge in [-0.25, -0.2) is 0 Å². The molecule has 4 heteroatoms. The molecule has 3 rings (SSSR count). The van der Waals surface area contributed by atoms with E-state index in [2.05, 4.69) is 33.4 Å². The molecule has 1 amide bonds. The second-order valence-electron chi connectivity index (χ2n) is 5.02. The summed E-state index contributed by atoms with van der Waals surface area (Å²) in [6.45, 7) is 0. The van der Waals surface area contributed by atoms with Gasteiger partial charge in [-0.2, -0.15) is 0 Å². The number of anilines is 1. The van der Waals surface area contributed by atoms with Crippen LogP contribution >= 0.6 is 27.5 Å². The van der Waals surface area contributed by atoms with E-state index < -0.39 is 0 Å². The maximum atomic E-state index is 12.1. The fourth-order valence-electron chi connectivity index (χ4n) is 2.32. The zero-order valence-electron chi connectivity index (χ0n) is 12.1. The van der Waals surface area contributed by atoms with Crippen LogP contribution in [0.25, 0.3) is 16.8 Å². The number of carbonyl (C=O) groups is 1. The summed E-state index contributed by atoms with van der Waals surface area (Å²) in [5.41, 5.74) is 1.66. The molecule has 0 aliphatic carbocycles. The largest absolute Gasteiger partial charge is 0.322 e. The molecule has 23 heavy (non-hydrogen) atoms. The third-order valence-corrected chi connectivity index (χ3v) is 4.66. The van der Waals surface area contributed by atoms with Crippen LogP contribution in [0.1, 0.15) is 5.56 Å². The van der Waals surface area contributed by atoms with Crippen molar-refractivity contribution in [3.63, 3.8) is 0 Å². The molecule has 1 N–H and O–H groups in total. The first-order valence-corrected chi connectivity index (χ1v) is 8.22. The van der Waals surface area contributed by atoms with Gasteiger partial charge in [0.1, 0.15) is 0 Å². The van der Waals surface area contributed by atoms with Gasteiger partial charge < -0.3 is 5.32 Å². The van der Waals surface area contributed by atoms with Crippen LogP contribution in [0.15, 0.2) is 71.2 Å². The first-order chi connectivity index (χ1) is 11.1. The predicted molar refractivity (Wildman–Crippen MR) is 101 cm³/mol. The molecule has 114 valence electrons. The predicted octanol–water partition coefficient (Wildman–Crippen LogP) is 5.91. The van der Waals surface area contributed by atoms with Crippen LogP contribution in [-0.2, 0) is 4.79 Å². The van der Waals surface area contributed by atoms with Gasteiger partial charge in [0.2, 0.25) is 5.91 Å². The normalized spacial score (nSPS) is 11.0. The van der Waals surface area contributed by atoms with Crippen molar-refractivity contribution in [2.75, 3.05) is 5.32 Å². The Labute approximate surface area is 147 Å². The van der Waals surface area contributed by atoms with Crippen molar-refractivity contribution in [3.05, 3.63) is 81.8 Å². The van der Waals surface area contributed by atoms with Crippen molar-refractivity contribution >= 4 is 56.0 Å². The number of benzene rings is 3. The van der Waals surface area contributed by atoms with Gasteiger partial charge in [-0.05, 0) is 56.5 Å². The van der Waals surface area contributed by atoms with E-state index in [0.29, 0.717) is 10.7 Å². The van der Waals surface area contributed by atoms with Crippen molar-refractivity contribution in [1.82, 2.24) is 0 Å². The van der Waals surface area contributed by atoms with Crippen molar-refractivity contribution in [3.8, 4) is 0 Å². The van der Waals surface area contributed by atoms with Crippen LogP contribution in [0.4, 0.5) is 5.69 Å². The topological polar surface area (TPSA) is 29.1 Å². The van der Waals surface area contributed by atoms with Crippen LogP contribution in [-0.4, -0.2) is 5.91 Å². The van der Waals surface area contributed by atoms with Gasteiger partial charge in [0.15, 0.2) is 0 Å². The van der Waals surface area contributed by atoms with Crippen LogP contribution in [0, 0.1) is 0 Å². The van der Waals surface area contributed by atoms with E-state index in [4.69, 9.17) is 11.6 Å². The Morgan fingerprint density at radius 1 is 1.04 bits per heavy atom. The van der Waals surface area contributed by atoms with Gasteiger partial charge >= 0.3 is 0 Å². The summed E-state index contributed by atoms with van der Waals surface area (Å²) < 4.78 is 0.795. The summed E-state index contributed by atoms with van der Waals surface area (Å²) in [5.74, 6) is -0.198. The van der Waals surface area contributed by atoms with E-state index in [1.165, 1.54) is 6.08 Å². The molecule has 0 heterocycles. The third-order valence-electron chi connectivity index (χ3n) is 3.42. The maximum Gasteiger partial charge on any atom is 0.248 e. The first-order valence-electron chi connectivity index (χ1n) is 7.05. The summed E-state index contributed by atoms with van der Waals surface area (Å²) in [7, 11) is 0. The molecule has 0 aliphatic rings. The van der Waals surface area contributed by atoms with Crippen LogP contribution in [0.5, 0.6) is 0 Å². The van der Waals surface area contributed by atoms with Crippen molar-refractivity contribution in [1.29, 1.82) is 0 Å². The number of hydrogen-bond donors (Lipinski definition) is 1. The van der Waals surface area contributed by atoms with Gasteiger partial charge in [0, 0.05) is 16.2 Å². The lowest BCUT2D eigenvalue weighted by Gasteiger charge is -2.04. The maximum absolute atomic E-state index is 12.1. The minimum absolute atomic E-state index is 0.198. The number of hydrogen-bond acceptors (Lipinski definition) is 1. The summed E-state index contributed by atoms with van der Waals surface area (Å²) >= 11 is 9.34. The Hall–Kier alpha value is -2.10. The summed E-state index contributed by atoms with van der Waals surface area (Å²) in [5, 5.41) is 5.62. The number of rotatable bonds is 3. The quantitative estimate of drug-likeness (QED) is 0.557. The Bertz CT molecular complexity index is 900. The second kappa shape index (κ2) is 6.99. The SMILES string of the molecule is O=C(C=Cc1cccc2ccccc12)Nc1ccc(Br)c(Cl)c1. The molecule has 0 saturated carbocycles. The molecule has 0 aromatic heterocycles. The fraction of sp³-hybridized carbons (Fsp3) is 0.